The van der Waals surface area contributed by atoms with Gasteiger partial charge in [0.25, 0.3) is 5.89 Å². The maximum absolute atomic E-state index is 12.2. The van der Waals surface area contributed by atoms with Crippen LogP contribution in [0.5, 0.6) is 5.75 Å². The Kier molecular flexibility index (Phi) is 6.01. The highest BCUT2D eigenvalue weighted by Gasteiger charge is 2.14. The molecule has 2 heterocycles. The molecule has 0 aliphatic rings. The van der Waals surface area contributed by atoms with Crippen LogP contribution in [-0.2, 0) is 11.2 Å². The van der Waals surface area contributed by atoms with Gasteiger partial charge >= 0.3 is 0 Å². The van der Waals surface area contributed by atoms with Gasteiger partial charge in [0.2, 0.25) is 11.8 Å². The van der Waals surface area contributed by atoms with Crippen molar-refractivity contribution in [3.63, 3.8) is 0 Å². The lowest BCUT2D eigenvalue weighted by Crippen LogP contribution is -2.31. The van der Waals surface area contributed by atoms with Crippen LogP contribution in [0.15, 0.2) is 46.9 Å². The van der Waals surface area contributed by atoms with Crippen LogP contribution in [0.1, 0.15) is 17.2 Å². The Morgan fingerprint density at radius 1 is 1.19 bits per heavy atom. The summed E-state index contributed by atoms with van der Waals surface area (Å²) in [6, 6.07) is 13.5. The molecule has 3 rings (SSSR count). The summed E-state index contributed by atoms with van der Waals surface area (Å²) in [5.74, 6) is 1.81. The van der Waals surface area contributed by atoms with Crippen LogP contribution in [0.2, 0.25) is 0 Å². The molecule has 0 atom stereocenters. The van der Waals surface area contributed by atoms with Crippen LogP contribution in [0.4, 0.5) is 0 Å². The molecule has 2 aromatic heterocycles. The standard InChI is InChI=1S/C19H21N3O3S/c1-14-8-9-16(26-14)19-21-20-17(25-19)10-11-18(23)22(2)12-13-24-15-6-4-3-5-7-15/h3-9H,10-13H2,1-2H3. The SMILES string of the molecule is Cc1ccc(-c2nnc(CCC(=O)N(C)CCOc3ccccc3)o2)s1. The van der Waals surface area contributed by atoms with E-state index in [1.807, 2.05) is 49.4 Å². The van der Waals surface area contributed by atoms with Gasteiger partial charge in [-0.2, -0.15) is 0 Å². The van der Waals surface area contributed by atoms with E-state index in [0.717, 1.165) is 10.6 Å². The van der Waals surface area contributed by atoms with Crippen molar-refractivity contribution in [1.82, 2.24) is 15.1 Å². The van der Waals surface area contributed by atoms with E-state index in [1.165, 1.54) is 4.88 Å². The number of aromatic nitrogens is 2. The summed E-state index contributed by atoms with van der Waals surface area (Å²) in [6.07, 6.45) is 0.757. The molecule has 0 unspecified atom stereocenters. The third-order valence-electron chi connectivity index (χ3n) is 3.84. The lowest BCUT2D eigenvalue weighted by molar-refractivity contribution is -0.130. The Morgan fingerprint density at radius 2 is 2.00 bits per heavy atom. The molecule has 0 aliphatic heterocycles. The predicted molar refractivity (Wildman–Crippen MR) is 100 cm³/mol. The summed E-state index contributed by atoms with van der Waals surface area (Å²) < 4.78 is 11.3. The number of amides is 1. The van der Waals surface area contributed by atoms with Gasteiger partial charge in [0.05, 0.1) is 11.4 Å². The molecule has 0 fully saturated rings. The van der Waals surface area contributed by atoms with Gasteiger partial charge in [-0.3, -0.25) is 4.79 Å². The number of ether oxygens (including phenoxy) is 1. The van der Waals surface area contributed by atoms with Crippen LogP contribution in [0, 0.1) is 6.92 Å². The molecule has 6 nitrogen and oxygen atoms in total. The Bertz CT molecular complexity index is 845. The topological polar surface area (TPSA) is 68.5 Å². The van der Waals surface area contributed by atoms with Gasteiger partial charge in [0.15, 0.2) is 0 Å². The van der Waals surface area contributed by atoms with Gasteiger partial charge in [-0.1, -0.05) is 18.2 Å². The van der Waals surface area contributed by atoms with Crippen molar-refractivity contribution in [2.45, 2.75) is 19.8 Å². The Balaban J connectivity index is 1.42. The summed E-state index contributed by atoms with van der Waals surface area (Å²) in [5.41, 5.74) is 0. The van der Waals surface area contributed by atoms with Crippen LogP contribution < -0.4 is 4.74 Å². The fraction of sp³-hybridized carbons (Fsp3) is 0.316. The molecular formula is C19H21N3O3S. The maximum Gasteiger partial charge on any atom is 0.257 e. The number of hydrogen-bond acceptors (Lipinski definition) is 6. The van der Waals surface area contributed by atoms with E-state index in [2.05, 4.69) is 10.2 Å². The quantitative estimate of drug-likeness (QED) is 0.605. The highest BCUT2D eigenvalue weighted by atomic mass is 32.1. The lowest BCUT2D eigenvalue weighted by atomic mass is 10.3. The third-order valence-corrected chi connectivity index (χ3v) is 4.82. The molecular weight excluding hydrogens is 350 g/mol. The van der Waals surface area contributed by atoms with Gasteiger partial charge in [-0.05, 0) is 31.2 Å². The van der Waals surface area contributed by atoms with Crippen molar-refractivity contribution in [3.8, 4) is 16.5 Å². The van der Waals surface area contributed by atoms with Crippen molar-refractivity contribution in [2.75, 3.05) is 20.2 Å². The molecule has 0 spiro atoms. The van der Waals surface area contributed by atoms with Crippen LogP contribution in [0.25, 0.3) is 10.8 Å². The van der Waals surface area contributed by atoms with Gasteiger partial charge in [0.1, 0.15) is 12.4 Å². The largest absolute Gasteiger partial charge is 0.492 e. The number of carbonyl (C=O) groups is 1. The van der Waals surface area contributed by atoms with E-state index in [4.69, 9.17) is 9.15 Å². The van der Waals surface area contributed by atoms with Gasteiger partial charge in [-0.25, -0.2) is 0 Å². The van der Waals surface area contributed by atoms with Gasteiger partial charge in [0, 0.05) is 24.8 Å². The number of thiophene rings is 1. The fourth-order valence-corrected chi connectivity index (χ4v) is 3.14. The molecule has 0 saturated carbocycles. The molecule has 3 aromatic rings. The number of benzene rings is 1. The van der Waals surface area contributed by atoms with E-state index < -0.39 is 0 Å². The number of para-hydroxylation sites is 1. The molecule has 0 saturated heterocycles. The summed E-state index contributed by atoms with van der Waals surface area (Å²) >= 11 is 1.61. The van der Waals surface area contributed by atoms with Crippen molar-refractivity contribution in [1.29, 1.82) is 0 Å². The number of hydrogen-bond donors (Lipinski definition) is 0. The van der Waals surface area contributed by atoms with Crippen LogP contribution in [0.3, 0.4) is 0 Å². The van der Waals surface area contributed by atoms with Crippen molar-refractivity contribution in [2.24, 2.45) is 0 Å². The van der Waals surface area contributed by atoms with E-state index in [-0.39, 0.29) is 5.91 Å². The minimum atomic E-state index is 0.0216. The summed E-state index contributed by atoms with van der Waals surface area (Å²) in [4.78, 5) is 16.0. The second-order valence-corrected chi connectivity index (χ2v) is 7.18. The number of carbonyl (C=O) groups excluding carboxylic acids is 1. The van der Waals surface area contributed by atoms with E-state index >= 15 is 0 Å². The maximum atomic E-state index is 12.2. The molecule has 136 valence electrons. The lowest BCUT2D eigenvalue weighted by Gasteiger charge is -2.17. The summed E-state index contributed by atoms with van der Waals surface area (Å²) in [7, 11) is 1.77. The minimum absolute atomic E-state index is 0.0216. The average molecular weight is 371 g/mol. The summed E-state index contributed by atoms with van der Waals surface area (Å²) in [6.45, 7) is 3.01. The van der Waals surface area contributed by atoms with E-state index in [9.17, 15) is 4.79 Å². The van der Waals surface area contributed by atoms with E-state index in [1.54, 1.807) is 23.3 Å². The highest BCUT2D eigenvalue weighted by Crippen LogP contribution is 2.26. The fourth-order valence-electron chi connectivity index (χ4n) is 2.35. The normalized spacial score (nSPS) is 10.7. The zero-order valence-electron chi connectivity index (χ0n) is 14.8. The van der Waals surface area contributed by atoms with Crippen LogP contribution in [-0.4, -0.2) is 41.2 Å². The molecule has 7 heteroatoms. The Morgan fingerprint density at radius 3 is 2.73 bits per heavy atom. The smallest absolute Gasteiger partial charge is 0.257 e. The Hall–Kier alpha value is -2.67. The second-order valence-electron chi connectivity index (χ2n) is 5.89. The highest BCUT2D eigenvalue weighted by molar-refractivity contribution is 7.15. The second kappa shape index (κ2) is 8.62. The third kappa shape index (κ3) is 4.92. The van der Waals surface area contributed by atoms with Crippen molar-refractivity contribution >= 4 is 17.2 Å². The van der Waals surface area contributed by atoms with Crippen molar-refractivity contribution in [3.05, 3.63) is 53.2 Å². The molecule has 0 N–H and O–H groups in total. The number of aryl methyl sites for hydroxylation is 2. The molecule has 1 aromatic carbocycles. The van der Waals surface area contributed by atoms with E-state index in [0.29, 0.717) is 37.8 Å². The van der Waals surface area contributed by atoms with Gasteiger partial charge < -0.3 is 14.1 Å². The van der Waals surface area contributed by atoms with Crippen molar-refractivity contribution < 1.29 is 13.9 Å². The van der Waals surface area contributed by atoms with Crippen LogP contribution >= 0.6 is 11.3 Å². The predicted octanol–water partition coefficient (Wildman–Crippen LogP) is 3.58. The molecule has 26 heavy (non-hydrogen) atoms. The first-order chi connectivity index (χ1) is 12.6. The molecule has 0 radical (unpaired) electrons. The average Bonchev–Trinajstić information content (AvgIpc) is 3.29. The minimum Gasteiger partial charge on any atom is -0.492 e. The summed E-state index contributed by atoms with van der Waals surface area (Å²) in [5, 5.41) is 8.08. The first-order valence-corrected chi connectivity index (χ1v) is 9.24. The monoisotopic (exact) mass is 371 g/mol. The molecule has 0 bridgehead atoms. The number of likely N-dealkylation sites (N-methyl/N-ethyl adjacent to an activating group) is 1. The zero-order chi connectivity index (χ0) is 18.4. The first kappa shape index (κ1) is 18.1. The Labute approximate surface area is 156 Å². The zero-order valence-corrected chi connectivity index (χ0v) is 15.7. The van der Waals surface area contributed by atoms with Gasteiger partial charge in [-0.15, -0.1) is 21.5 Å². The number of rotatable bonds is 8. The number of nitrogens with zero attached hydrogens (tertiary/aromatic N) is 3. The molecule has 0 aliphatic carbocycles. The first-order valence-electron chi connectivity index (χ1n) is 8.43. The molecule has 1 amide bonds.